The maximum atomic E-state index is 13.0. The van der Waals surface area contributed by atoms with Crippen molar-refractivity contribution in [2.45, 2.75) is 12.8 Å². The number of nitrogens with zero attached hydrogens (tertiary/aromatic N) is 1. The molecule has 1 aromatic rings. The van der Waals surface area contributed by atoms with Gasteiger partial charge in [-0.05, 0) is 44.5 Å². The Labute approximate surface area is 123 Å². The summed E-state index contributed by atoms with van der Waals surface area (Å²) in [6.45, 7) is 2.16. The second-order valence-electron chi connectivity index (χ2n) is 5.27. The van der Waals surface area contributed by atoms with Crippen LogP contribution < -0.4 is 10.1 Å². The first-order valence-electron chi connectivity index (χ1n) is 7.10. The van der Waals surface area contributed by atoms with Gasteiger partial charge in [0.05, 0.1) is 0 Å². The van der Waals surface area contributed by atoms with E-state index in [0.29, 0.717) is 12.5 Å². The van der Waals surface area contributed by atoms with Crippen molar-refractivity contribution in [3.8, 4) is 5.75 Å². The molecule has 0 radical (unpaired) electrons. The van der Waals surface area contributed by atoms with E-state index in [1.54, 1.807) is 4.90 Å². The van der Waals surface area contributed by atoms with Gasteiger partial charge in [0.2, 0.25) is 0 Å². The second-order valence-corrected chi connectivity index (χ2v) is 5.27. The first-order chi connectivity index (χ1) is 10.1. The molecule has 1 aliphatic rings. The van der Waals surface area contributed by atoms with Crippen LogP contribution in [0.2, 0.25) is 0 Å². The molecule has 1 atom stereocenters. The predicted molar refractivity (Wildman–Crippen MR) is 75.1 cm³/mol. The summed E-state index contributed by atoms with van der Waals surface area (Å²) in [5.74, 6) is -1.42. The lowest BCUT2D eigenvalue weighted by Crippen LogP contribution is -2.44. The van der Waals surface area contributed by atoms with Crippen molar-refractivity contribution < 1.29 is 18.3 Å². The van der Waals surface area contributed by atoms with E-state index in [9.17, 15) is 13.6 Å². The van der Waals surface area contributed by atoms with Gasteiger partial charge < -0.3 is 15.0 Å². The second kappa shape index (κ2) is 7.36. The highest BCUT2D eigenvalue weighted by Gasteiger charge is 2.23. The third kappa shape index (κ3) is 4.39. The Morgan fingerprint density at radius 1 is 1.43 bits per heavy atom. The number of carbonyl (C=O) groups is 1. The van der Waals surface area contributed by atoms with Gasteiger partial charge in [-0.2, -0.15) is 0 Å². The third-order valence-electron chi connectivity index (χ3n) is 3.62. The zero-order chi connectivity index (χ0) is 15.2. The van der Waals surface area contributed by atoms with E-state index in [-0.39, 0.29) is 18.3 Å². The first kappa shape index (κ1) is 15.7. The molecule has 21 heavy (non-hydrogen) atoms. The summed E-state index contributed by atoms with van der Waals surface area (Å²) in [5, 5.41) is 3.12. The lowest BCUT2D eigenvalue weighted by Gasteiger charge is -2.32. The van der Waals surface area contributed by atoms with Crippen LogP contribution in [0.1, 0.15) is 12.8 Å². The van der Waals surface area contributed by atoms with Crippen molar-refractivity contribution in [1.82, 2.24) is 10.2 Å². The molecule has 1 amide bonds. The van der Waals surface area contributed by atoms with Crippen LogP contribution in [0.4, 0.5) is 8.78 Å². The average molecular weight is 298 g/mol. The Bertz CT molecular complexity index is 495. The number of halogens is 2. The molecule has 116 valence electrons. The van der Waals surface area contributed by atoms with Crippen molar-refractivity contribution in [2.24, 2.45) is 5.92 Å². The van der Waals surface area contributed by atoms with Gasteiger partial charge in [0.25, 0.3) is 5.91 Å². The molecule has 1 aliphatic heterocycles. The highest BCUT2D eigenvalue weighted by atomic mass is 19.2. The highest BCUT2D eigenvalue weighted by Crippen LogP contribution is 2.18. The van der Waals surface area contributed by atoms with Crippen LogP contribution in [-0.2, 0) is 4.79 Å². The van der Waals surface area contributed by atoms with E-state index < -0.39 is 11.6 Å². The summed E-state index contributed by atoms with van der Waals surface area (Å²) in [5.41, 5.74) is 0. The van der Waals surface area contributed by atoms with Crippen LogP contribution in [0.3, 0.4) is 0 Å². The molecule has 2 rings (SSSR count). The summed E-state index contributed by atoms with van der Waals surface area (Å²) in [4.78, 5) is 13.9. The smallest absolute Gasteiger partial charge is 0.260 e. The molecule has 0 saturated carbocycles. The molecule has 0 bridgehead atoms. The summed E-state index contributed by atoms with van der Waals surface area (Å²) in [6.07, 6.45) is 2.08. The number of nitrogens with one attached hydrogen (secondary N) is 1. The van der Waals surface area contributed by atoms with Crippen molar-refractivity contribution in [3.05, 3.63) is 29.8 Å². The average Bonchev–Trinajstić information content (AvgIpc) is 2.49. The van der Waals surface area contributed by atoms with Crippen molar-refractivity contribution in [1.29, 1.82) is 0 Å². The maximum Gasteiger partial charge on any atom is 0.260 e. The van der Waals surface area contributed by atoms with Gasteiger partial charge in [-0.15, -0.1) is 0 Å². The van der Waals surface area contributed by atoms with Crippen molar-refractivity contribution in [3.63, 3.8) is 0 Å². The maximum absolute atomic E-state index is 13.0. The van der Waals surface area contributed by atoms with Crippen LogP contribution in [0, 0.1) is 17.6 Å². The van der Waals surface area contributed by atoms with E-state index in [2.05, 4.69) is 5.32 Å². The van der Waals surface area contributed by atoms with Gasteiger partial charge in [0, 0.05) is 19.2 Å². The molecule has 1 aromatic carbocycles. The molecule has 1 unspecified atom stereocenters. The molecule has 1 fully saturated rings. The Morgan fingerprint density at radius 2 is 2.24 bits per heavy atom. The van der Waals surface area contributed by atoms with Gasteiger partial charge in [-0.3, -0.25) is 4.79 Å². The topological polar surface area (TPSA) is 41.6 Å². The number of piperidine rings is 1. The molecule has 6 heteroatoms. The summed E-state index contributed by atoms with van der Waals surface area (Å²) < 4.78 is 31.1. The first-order valence-corrected chi connectivity index (χ1v) is 7.10. The van der Waals surface area contributed by atoms with Gasteiger partial charge in [-0.1, -0.05) is 0 Å². The fraction of sp³-hybridized carbons (Fsp3) is 0.533. The summed E-state index contributed by atoms with van der Waals surface area (Å²) in [7, 11) is 1.90. The molecular weight excluding hydrogens is 278 g/mol. The Kier molecular flexibility index (Phi) is 5.50. The number of benzene rings is 1. The van der Waals surface area contributed by atoms with Crippen LogP contribution in [0.25, 0.3) is 0 Å². The molecule has 1 N–H and O–H groups in total. The predicted octanol–water partition coefficient (Wildman–Crippen LogP) is 1.80. The van der Waals surface area contributed by atoms with E-state index in [4.69, 9.17) is 4.74 Å². The minimum absolute atomic E-state index is 0.125. The Balaban J connectivity index is 1.84. The fourth-order valence-electron chi connectivity index (χ4n) is 2.55. The monoisotopic (exact) mass is 298 g/mol. The molecule has 0 aliphatic carbocycles. The van der Waals surface area contributed by atoms with E-state index in [0.717, 1.165) is 38.1 Å². The van der Waals surface area contributed by atoms with Crippen LogP contribution in [-0.4, -0.2) is 44.1 Å². The van der Waals surface area contributed by atoms with Gasteiger partial charge in [-0.25, -0.2) is 8.78 Å². The Hall–Kier alpha value is -1.69. The zero-order valence-corrected chi connectivity index (χ0v) is 12.1. The number of ether oxygens (including phenoxy) is 1. The van der Waals surface area contributed by atoms with Crippen LogP contribution >= 0.6 is 0 Å². The van der Waals surface area contributed by atoms with E-state index >= 15 is 0 Å². The summed E-state index contributed by atoms with van der Waals surface area (Å²) >= 11 is 0. The minimum atomic E-state index is -0.980. The number of hydrogen-bond acceptors (Lipinski definition) is 3. The number of amides is 1. The standard InChI is InChI=1S/C15H20F2N2O2/c1-18-8-11-3-2-6-19(9-11)15(20)10-21-12-4-5-13(16)14(17)7-12/h4-5,7,11,18H,2-3,6,8-10H2,1H3. The number of carbonyl (C=O) groups excluding carboxylic acids is 1. The lowest BCUT2D eigenvalue weighted by atomic mass is 9.98. The number of likely N-dealkylation sites (tertiary alicyclic amines) is 1. The molecule has 1 heterocycles. The molecule has 0 spiro atoms. The fourth-order valence-corrected chi connectivity index (χ4v) is 2.55. The SMILES string of the molecule is CNCC1CCCN(C(=O)COc2ccc(F)c(F)c2)C1. The van der Waals surface area contributed by atoms with E-state index in [1.165, 1.54) is 6.07 Å². The molecule has 4 nitrogen and oxygen atoms in total. The number of rotatable bonds is 5. The Morgan fingerprint density at radius 3 is 2.95 bits per heavy atom. The number of hydrogen-bond donors (Lipinski definition) is 1. The van der Waals surface area contributed by atoms with Crippen molar-refractivity contribution >= 4 is 5.91 Å². The summed E-state index contributed by atoms with van der Waals surface area (Å²) in [6, 6.07) is 3.24. The third-order valence-corrected chi connectivity index (χ3v) is 3.62. The zero-order valence-electron chi connectivity index (χ0n) is 12.1. The minimum Gasteiger partial charge on any atom is -0.484 e. The molecule has 0 aromatic heterocycles. The van der Waals surface area contributed by atoms with Crippen molar-refractivity contribution in [2.75, 3.05) is 33.3 Å². The van der Waals surface area contributed by atoms with Gasteiger partial charge in [0.1, 0.15) is 5.75 Å². The molecule has 1 saturated heterocycles. The lowest BCUT2D eigenvalue weighted by molar-refractivity contribution is -0.135. The van der Waals surface area contributed by atoms with E-state index in [1.807, 2.05) is 7.05 Å². The highest BCUT2D eigenvalue weighted by molar-refractivity contribution is 5.77. The van der Waals surface area contributed by atoms with Gasteiger partial charge in [0.15, 0.2) is 18.2 Å². The van der Waals surface area contributed by atoms with Gasteiger partial charge >= 0.3 is 0 Å². The van der Waals surface area contributed by atoms with Crippen LogP contribution in [0.5, 0.6) is 5.75 Å². The normalized spacial score (nSPS) is 18.6. The quantitative estimate of drug-likeness (QED) is 0.901. The van der Waals surface area contributed by atoms with Crippen LogP contribution in [0.15, 0.2) is 18.2 Å². The molecular formula is C15H20F2N2O2. The largest absolute Gasteiger partial charge is 0.484 e.